The first kappa shape index (κ1) is 14.6. The Balaban J connectivity index is 1.63. The molecule has 0 bridgehead atoms. The van der Waals surface area contributed by atoms with E-state index in [0.717, 1.165) is 26.2 Å². The van der Waals surface area contributed by atoms with E-state index in [4.69, 9.17) is 11.6 Å². The molecule has 0 saturated carbocycles. The van der Waals surface area contributed by atoms with Gasteiger partial charge in [0.15, 0.2) is 0 Å². The normalized spacial score (nSPS) is 23.5. The first-order chi connectivity index (χ1) is 10.1. The largest absolute Gasteiger partial charge is 0.507 e. The van der Waals surface area contributed by atoms with E-state index >= 15 is 0 Å². The van der Waals surface area contributed by atoms with Crippen molar-refractivity contribution in [3.63, 3.8) is 0 Å². The summed E-state index contributed by atoms with van der Waals surface area (Å²) >= 11 is 5.91. The Kier molecular flexibility index (Phi) is 4.33. The van der Waals surface area contributed by atoms with Crippen molar-refractivity contribution in [2.24, 2.45) is 0 Å². The van der Waals surface area contributed by atoms with Gasteiger partial charge in [-0.15, -0.1) is 0 Å². The molecule has 5 nitrogen and oxygen atoms in total. The molecule has 0 spiro atoms. The predicted octanol–water partition coefficient (Wildman–Crippen LogP) is 1.17. The molecule has 2 N–H and O–H groups in total. The molecule has 0 aromatic heterocycles. The molecule has 21 heavy (non-hydrogen) atoms. The standard InChI is InChI=1S/C15H20ClN3O2/c16-11-1-2-14(20)13(9-11)15(21)19-7-5-18(6-8-19)12-3-4-17-10-12/h1-2,9,12,17,20H,3-8,10H2. The average Bonchev–Trinajstić information content (AvgIpc) is 3.03. The van der Waals surface area contributed by atoms with Gasteiger partial charge in [-0.25, -0.2) is 0 Å². The van der Waals surface area contributed by atoms with Gasteiger partial charge in [-0.3, -0.25) is 9.69 Å². The second kappa shape index (κ2) is 6.22. The Morgan fingerprint density at radius 3 is 2.71 bits per heavy atom. The van der Waals surface area contributed by atoms with Gasteiger partial charge in [-0.1, -0.05) is 11.6 Å². The van der Waals surface area contributed by atoms with Crippen molar-refractivity contribution in [1.29, 1.82) is 0 Å². The number of amides is 1. The molecule has 2 saturated heterocycles. The van der Waals surface area contributed by atoms with E-state index in [1.807, 2.05) is 0 Å². The zero-order valence-corrected chi connectivity index (χ0v) is 12.6. The van der Waals surface area contributed by atoms with Gasteiger partial charge >= 0.3 is 0 Å². The summed E-state index contributed by atoms with van der Waals surface area (Å²) in [7, 11) is 0. The molecular formula is C15H20ClN3O2. The van der Waals surface area contributed by atoms with E-state index in [9.17, 15) is 9.90 Å². The molecule has 0 radical (unpaired) electrons. The van der Waals surface area contributed by atoms with E-state index in [0.29, 0.717) is 29.7 Å². The fourth-order valence-corrected chi connectivity index (χ4v) is 3.26. The van der Waals surface area contributed by atoms with Gasteiger partial charge in [0.2, 0.25) is 0 Å². The molecule has 0 aliphatic carbocycles. The molecule has 114 valence electrons. The lowest BCUT2D eigenvalue weighted by Gasteiger charge is -2.37. The smallest absolute Gasteiger partial charge is 0.257 e. The minimum Gasteiger partial charge on any atom is -0.507 e. The van der Waals surface area contributed by atoms with Crippen molar-refractivity contribution in [2.45, 2.75) is 12.5 Å². The number of carbonyl (C=O) groups excluding carboxylic acids is 1. The van der Waals surface area contributed by atoms with Crippen LogP contribution in [0.15, 0.2) is 18.2 Å². The van der Waals surface area contributed by atoms with E-state index in [1.54, 1.807) is 11.0 Å². The highest BCUT2D eigenvalue weighted by Gasteiger charge is 2.28. The van der Waals surface area contributed by atoms with Crippen LogP contribution in [0.3, 0.4) is 0 Å². The Bertz CT molecular complexity index is 524. The molecule has 2 aliphatic heterocycles. The lowest BCUT2D eigenvalue weighted by Crippen LogP contribution is -2.52. The third kappa shape index (κ3) is 3.15. The quantitative estimate of drug-likeness (QED) is 0.861. The summed E-state index contributed by atoms with van der Waals surface area (Å²) in [6.07, 6.45) is 1.18. The molecular weight excluding hydrogens is 290 g/mol. The molecule has 1 unspecified atom stereocenters. The minimum absolute atomic E-state index is 0.00757. The maximum absolute atomic E-state index is 12.5. The van der Waals surface area contributed by atoms with Crippen LogP contribution in [0.2, 0.25) is 5.02 Å². The van der Waals surface area contributed by atoms with Crippen molar-refractivity contribution in [2.75, 3.05) is 39.3 Å². The second-order valence-corrected chi connectivity index (χ2v) is 6.07. The maximum atomic E-state index is 12.5. The van der Waals surface area contributed by atoms with Crippen LogP contribution >= 0.6 is 11.6 Å². The van der Waals surface area contributed by atoms with Crippen LogP contribution in [0.4, 0.5) is 0 Å². The number of phenolic OH excluding ortho intramolecular Hbond substituents is 1. The van der Waals surface area contributed by atoms with Crippen molar-refractivity contribution >= 4 is 17.5 Å². The number of rotatable bonds is 2. The van der Waals surface area contributed by atoms with Crippen molar-refractivity contribution < 1.29 is 9.90 Å². The number of carbonyl (C=O) groups is 1. The fraction of sp³-hybridized carbons (Fsp3) is 0.533. The topological polar surface area (TPSA) is 55.8 Å². The Morgan fingerprint density at radius 1 is 1.29 bits per heavy atom. The number of hydrogen-bond acceptors (Lipinski definition) is 4. The number of hydrogen-bond donors (Lipinski definition) is 2. The lowest BCUT2D eigenvalue weighted by molar-refractivity contribution is 0.0581. The molecule has 2 heterocycles. The Hall–Kier alpha value is -1.30. The van der Waals surface area contributed by atoms with Crippen molar-refractivity contribution in [1.82, 2.24) is 15.1 Å². The van der Waals surface area contributed by atoms with Gasteiger partial charge in [0.25, 0.3) is 5.91 Å². The predicted molar refractivity (Wildman–Crippen MR) is 81.9 cm³/mol. The van der Waals surface area contributed by atoms with Gasteiger partial charge in [0, 0.05) is 43.8 Å². The summed E-state index contributed by atoms with van der Waals surface area (Å²) in [6, 6.07) is 5.18. The van der Waals surface area contributed by atoms with Gasteiger partial charge in [0.05, 0.1) is 5.56 Å². The number of halogens is 1. The van der Waals surface area contributed by atoms with Crippen LogP contribution in [0.5, 0.6) is 5.75 Å². The average molecular weight is 310 g/mol. The summed E-state index contributed by atoms with van der Waals surface area (Å²) in [6.45, 7) is 5.30. The molecule has 1 atom stereocenters. The van der Waals surface area contributed by atoms with Gasteiger partial charge < -0.3 is 15.3 Å². The third-order valence-corrected chi connectivity index (χ3v) is 4.58. The fourth-order valence-electron chi connectivity index (χ4n) is 3.09. The SMILES string of the molecule is O=C(c1cc(Cl)ccc1O)N1CCN(C2CCNC2)CC1. The maximum Gasteiger partial charge on any atom is 0.257 e. The van der Waals surface area contributed by atoms with Crippen LogP contribution in [0.1, 0.15) is 16.8 Å². The highest BCUT2D eigenvalue weighted by molar-refractivity contribution is 6.31. The zero-order valence-electron chi connectivity index (χ0n) is 11.9. The highest BCUT2D eigenvalue weighted by atomic mass is 35.5. The number of nitrogens with zero attached hydrogens (tertiary/aromatic N) is 2. The summed E-state index contributed by atoms with van der Waals surface area (Å²) in [5, 5.41) is 13.7. The van der Waals surface area contributed by atoms with Gasteiger partial charge in [-0.2, -0.15) is 0 Å². The number of benzene rings is 1. The van der Waals surface area contributed by atoms with Crippen LogP contribution in [-0.2, 0) is 0 Å². The number of phenols is 1. The van der Waals surface area contributed by atoms with Crippen LogP contribution < -0.4 is 5.32 Å². The zero-order chi connectivity index (χ0) is 14.8. The summed E-state index contributed by atoms with van der Waals surface area (Å²) < 4.78 is 0. The van der Waals surface area contributed by atoms with Crippen LogP contribution in [-0.4, -0.2) is 66.1 Å². The van der Waals surface area contributed by atoms with Gasteiger partial charge in [0.1, 0.15) is 5.75 Å². The molecule has 3 rings (SSSR count). The first-order valence-corrected chi connectivity index (χ1v) is 7.75. The van der Waals surface area contributed by atoms with Crippen LogP contribution in [0.25, 0.3) is 0 Å². The Morgan fingerprint density at radius 2 is 2.05 bits per heavy atom. The number of aromatic hydroxyl groups is 1. The molecule has 2 fully saturated rings. The molecule has 6 heteroatoms. The number of nitrogens with one attached hydrogen (secondary N) is 1. The second-order valence-electron chi connectivity index (χ2n) is 5.64. The lowest BCUT2D eigenvalue weighted by atomic mass is 10.1. The van der Waals surface area contributed by atoms with E-state index < -0.39 is 0 Å². The molecule has 1 aromatic carbocycles. The van der Waals surface area contributed by atoms with E-state index in [-0.39, 0.29) is 11.7 Å². The van der Waals surface area contributed by atoms with Crippen LogP contribution in [0, 0.1) is 0 Å². The first-order valence-electron chi connectivity index (χ1n) is 7.38. The summed E-state index contributed by atoms with van der Waals surface area (Å²) in [5.41, 5.74) is 0.290. The van der Waals surface area contributed by atoms with Gasteiger partial charge in [-0.05, 0) is 31.2 Å². The highest BCUT2D eigenvalue weighted by Crippen LogP contribution is 2.23. The number of piperazine rings is 1. The molecule has 1 aromatic rings. The minimum atomic E-state index is -0.140. The van der Waals surface area contributed by atoms with E-state index in [1.165, 1.54) is 18.6 Å². The monoisotopic (exact) mass is 309 g/mol. The molecule has 2 aliphatic rings. The third-order valence-electron chi connectivity index (χ3n) is 4.34. The van der Waals surface area contributed by atoms with Crippen molar-refractivity contribution in [3.05, 3.63) is 28.8 Å². The van der Waals surface area contributed by atoms with Crippen molar-refractivity contribution in [3.8, 4) is 5.75 Å². The summed E-state index contributed by atoms with van der Waals surface area (Å²) in [5.74, 6) is -0.147. The Labute approximate surface area is 129 Å². The summed E-state index contributed by atoms with van der Waals surface area (Å²) in [4.78, 5) is 16.7. The molecule has 1 amide bonds. The van der Waals surface area contributed by atoms with E-state index in [2.05, 4.69) is 10.2 Å².